The van der Waals surface area contributed by atoms with Crippen LogP contribution in [0.3, 0.4) is 0 Å². The van der Waals surface area contributed by atoms with Gasteiger partial charge in [0.05, 0.1) is 5.69 Å². The second kappa shape index (κ2) is 9.72. The molecule has 1 aromatic heterocycles. The van der Waals surface area contributed by atoms with E-state index in [-0.39, 0.29) is 5.69 Å². The molecule has 0 saturated heterocycles. The molecule has 1 fully saturated rings. The first-order chi connectivity index (χ1) is 15.4. The molecule has 0 amide bonds. The summed E-state index contributed by atoms with van der Waals surface area (Å²) >= 11 is 0. The Bertz CT molecular complexity index is 971. The fraction of sp³-hybridized carbons (Fsp3) is 0.536. The van der Waals surface area contributed by atoms with Gasteiger partial charge in [0.2, 0.25) is 0 Å². The van der Waals surface area contributed by atoms with Crippen LogP contribution in [0.5, 0.6) is 0 Å². The summed E-state index contributed by atoms with van der Waals surface area (Å²) in [5, 5.41) is 4.61. The van der Waals surface area contributed by atoms with Gasteiger partial charge in [0, 0.05) is 24.6 Å². The molecule has 1 aromatic carbocycles. The van der Waals surface area contributed by atoms with Crippen molar-refractivity contribution in [2.24, 2.45) is 11.8 Å². The highest BCUT2D eigenvalue weighted by molar-refractivity contribution is 5.86. The third-order valence-electron chi connectivity index (χ3n) is 7.32. The van der Waals surface area contributed by atoms with Crippen molar-refractivity contribution in [3.63, 3.8) is 0 Å². The maximum Gasteiger partial charge on any atom is 0.289 e. The zero-order valence-electron chi connectivity index (χ0n) is 19.7. The quantitative estimate of drug-likeness (QED) is 0.424. The Morgan fingerprint density at radius 2 is 1.72 bits per heavy atom. The summed E-state index contributed by atoms with van der Waals surface area (Å²) in [4.78, 5) is 0. The van der Waals surface area contributed by atoms with E-state index in [0.29, 0.717) is 18.0 Å². The highest BCUT2D eigenvalue weighted by Gasteiger charge is 2.36. The smallest absolute Gasteiger partial charge is 0.263 e. The molecule has 2 aromatic rings. The first-order valence-corrected chi connectivity index (χ1v) is 12.3. The highest BCUT2D eigenvalue weighted by Crippen LogP contribution is 2.42. The van der Waals surface area contributed by atoms with Crippen LogP contribution in [0.4, 0.5) is 8.78 Å². The van der Waals surface area contributed by atoms with Gasteiger partial charge in [-0.1, -0.05) is 81.2 Å². The van der Waals surface area contributed by atoms with E-state index in [1.54, 1.807) is 0 Å². The molecule has 1 heterocycles. The Kier molecular flexibility index (Phi) is 6.97. The molecule has 0 spiro atoms. The van der Waals surface area contributed by atoms with Crippen molar-refractivity contribution in [1.82, 2.24) is 9.78 Å². The molecule has 2 nitrogen and oxygen atoms in total. The standard InChI is InChI=1S/C28H36F2N2/c1-4-20-14-16-22(17-15-20)19-32-26(23-11-7-6-8-12-23)25(27(31-32)28(3,29)30)24-13-9-10-21(5-2)18-24/h6-8,11-13,18,20,22H,4-5,9-10,14-17,19H2,1-3H3. The molecule has 4 rings (SSSR count). The monoisotopic (exact) mass is 438 g/mol. The van der Waals surface area contributed by atoms with Crippen LogP contribution in [-0.2, 0) is 12.5 Å². The summed E-state index contributed by atoms with van der Waals surface area (Å²) in [7, 11) is 0. The summed E-state index contributed by atoms with van der Waals surface area (Å²) in [6.07, 6.45) is 13.1. The van der Waals surface area contributed by atoms with Crippen LogP contribution in [0.25, 0.3) is 16.8 Å². The number of benzene rings is 1. The normalized spacial score (nSPS) is 21.9. The number of halogens is 2. The minimum atomic E-state index is -3.00. The zero-order valence-corrected chi connectivity index (χ0v) is 19.7. The van der Waals surface area contributed by atoms with Gasteiger partial charge in [0.25, 0.3) is 5.92 Å². The van der Waals surface area contributed by atoms with E-state index in [1.807, 2.05) is 35.0 Å². The van der Waals surface area contributed by atoms with Crippen molar-refractivity contribution in [1.29, 1.82) is 0 Å². The molecule has 32 heavy (non-hydrogen) atoms. The Morgan fingerprint density at radius 3 is 2.34 bits per heavy atom. The van der Waals surface area contributed by atoms with Crippen LogP contribution < -0.4 is 0 Å². The lowest BCUT2D eigenvalue weighted by molar-refractivity contribution is 0.0117. The van der Waals surface area contributed by atoms with E-state index in [2.05, 4.69) is 31.1 Å². The molecule has 0 N–H and O–H groups in total. The van der Waals surface area contributed by atoms with Gasteiger partial charge in [-0.15, -0.1) is 0 Å². The van der Waals surface area contributed by atoms with Gasteiger partial charge in [-0.05, 0) is 49.5 Å². The van der Waals surface area contributed by atoms with Crippen molar-refractivity contribution in [3.05, 3.63) is 59.3 Å². The number of hydrogen-bond acceptors (Lipinski definition) is 1. The van der Waals surface area contributed by atoms with Crippen molar-refractivity contribution >= 4 is 5.57 Å². The second-order valence-electron chi connectivity index (χ2n) is 9.66. The van der Waals surface area contributed by atoms with E-state index < -0.39 is 5.92 Å². The molecular formula is C28H36F2N2. The van der Waals surface area contributed by atoms with E-state index in [0.717, 1.165) is 61.8 Å². The van der Waals surface area contributed by atoms with Gasteiger partial charge in [-0.3, -0.25) is 4.68 Å². The van der Waals surface area contributed by atoms with E-state index in [9.17, 15) is 8.78 Å². The van der Waals surface area contributed by atoms with Crippen molar-refractivity contribution < 1.29 is 8.78 Å². The third-order valence-corrected chi connectivity index (χ3v) is 7.32. The lowest BCUT2D eigenvalue weighted by atomic mass is 9.81. The molecule has 4 heteroatoms. The van der Waals surface area contributed by atoms with Gasteiger partial charge in [-0.25, -0.2) is 0 Å². The largest absolute Gasteiger partial charge is 0.289 e. The number of rotatable bonds is 7. The second-order valence-corrected chi connectivity index (χ2v) is 9.66. The first kappa shape index (κ1) is 22.9. The SMILES string of the molecule is CCC1=CC(c2c(C(C)(F)F)nn(CC3CCC(CC)CC3)c2-c2ccccc2)=CCC1. The first-order valence-electron chi connectivity index (χ1n) is 12.3. The van der Waals surface area contributed by atoms with Crippen LogP contribution in [0.2, 0.25) is 0 Å². The molecule has 0 aliphatic heterocycles. The average molecular weight is 439 g/mol. The fourth-order valence-corrected chi connectivity index (χ4v) is 5.35. The Hall–Kier alpha value is -2.23. The third kappa shape index (κ3) is 4.89. The van der Waals surface area contributed by atoms with Gasteiger partial charge < -0.3 is 0 Å². The molecule has 0 atom stereocenters. The Labute approximate surface area is 191 Å². The van der Waals surface area contributed by atoms with Crippen molar-refractivity contribution in [2.45, 2.75) is 84.6 Å². The zero-order chi connectivity index (χ0) is 22.7. The van der Waals surface area contributed by atoms with Crippen LogP contribution in [0.1, 0.15) is 83.4 Å². The molecular weight excluding hydrogens is 402 g/mol. The summed E-state index contributed by atoms with van der Waals surface area (Å²) < 4.78 is 31.7. The molecule has 2 aliphatic carbocycles. The van der Waals surface area contributed by atoms with Gasteiger partial charge in [0.15, 0.2) is 0 Å². The van der Waals surface area contributed by atoms with Gasteiger partial charge in [-0.2, -0.15) is 13.9 Å². The summed E-state index contributed by atoms with van der Waals surface area (Å²) in [5.41, 5.74) is 4.57. The molecule has 2 aliphatic rings. The number of nitrogens with zero attached hydrogens (tertiary/aromatic N) is 2. The molecule has 0 bridgehead atoms. The highest BCUT2D eigenvalue weighted by atomic mass is 19.3. The topological polar surface area (TPSA) is 17.8 Å². The molecule has 0 unspecified atom stereocenters. The predicted octanol–water partition coefficient (Wildman–Crippen LogP) is 8.39. The van der Waals surface area contributed by atoms with Crippen LogP contribution in [0.15, 0.2) is 48.1 Å². The fourth-order valence-electron chi connectivity index (χ4n) is 5.35. The van der Waals surface area contributed by atoms with Crippen LogP contribution >= 0.6 is 0 Å². The Balaban J connectivity index is 1.82. The maximum absolute atomic E-state index is 14.9. The minimum absolute atomic E-state index is 0.0848. The van der Waals surface area contributed by atoms with Crippen LogP contribution in [0, 0.1) is 11.8 Å². The van der Waals surface area contributed by atoms with Crippen molar-refractivity contribution in [2.75, 3.05) is 0 Å². The van der Waals surface area contributed by atoms with E-state index >= 15 is 0 Å². The Morgan fingerprint density at radius 1 is 1.03 bits per heavy atom. The van der Waals surface area contributed by atoms with Crippen LogP contribution in [-0.4, -0.2) is 9.78 Å². The summed E-state index contributed by atoms with van der Waals surface area (Å²) in [6, 6.07) is 9.98. The molecule has 172 valence electrons. The molecule has 1 saturated carbocycles. The van der Waals surface area contributed by atoms with Gasteiger partial charge >= 0.3 is 0 Å². The van der Waals surface area contributed by atoms with E-state index in [4.69, 9.17) is 0 Å². The summed E-state index contributed by atoms with van der Waals surface area (Å²) in [5.74, 6) is -1.69. The minimum Gasteiger partial charge on any atom is -0.263 e. The van der Waals surface area contributed by atoms with Gasteiger partial charge in [0.1, 0.15) is 5.69 Å². The van der Waals surface area contributed by atoms with E-state index in [1.165, 1.54) is 24.8 Å². The lowest BCUT2D eigenvalue weighted by Crippen LogP contribution is -2.20. The maximum atomic E-state index is 14.9. The van der Waals surface area contributed by atoms with Crippen molar-refractivity contribution in [3.8, 4) is 11.3 Å². The number of aromatic nitrogens is 2. The number of hydrogen-bond donors (Lipinski definition) is 0. The molecule has 0 radical (unpaired) electrons. The predicted molar refractivity (Wildman–Crippen MR) is 129 cm³/mol. The lowest BCUT2D eigenvalue weighted by Gasteiger charge is -2.28. The summed E-state index contributed by atoms with van der Waals surface area (Å²) in [6.45, 7) is 6.10. The number of allylic oxidation sites excluding steroid dienone is 4. The number of alkyl halides is 2. The average Bonchev–Trinajstić information content (AvgIpc) is 3.20.